The smallest absolute Gasteiger partial charge is 0.221 e. The summed E-state index contributed by atoms with van der Waals surface area (Å²) in [6.45, 7) is 6.97. The van der Waals surface area contributed by atoms with Crippen LogP contribution in [-0.2, 0) is 11.3 Å². The Kier molecular flexibility index (Phi) is 5.31. The average Bonchev–Trinajstić information content (AvgIpc) is 3.03. The van der Waals surface area contributed by atoms with Gasteiger partial charge in [-0.2, -0.15) is 0 Å². The molecule has 0 bridgehead atoms. The van der Waals surface area contributed by atoms with Crippen molar-refractivity contribution in [2.45, 2.75) is 39.2 Å². The number of thiazole rings is 1. The Balaban J connectivity index is 1.66. The molecule has 4 nitrogen and oxygen atoms in total. The van der Waals surface area contributed by atoms with Crippen LogP contribution in [0.25, 0.3) is 10.6 Å². The third-order valence-corrected chi connectivity index (χ3v) is 5.61. The van der Waals surface area contributed by atoms with Crippen molar-refractivity contribution in [3.63, 3.8) is 0 Å². The minimum atomic E-state index is -0.177. The van der Waals surface area contributed by atoms with Crippen molar-refractivity contribution in [1.82, 2.24) is 9.88 Å². The lowest BCUT2D eigenvalue weighted by Crippen LogP contribution is -2.40. The quantitative estimate of drug-likeness (QED) is 0.902. The molecule has 3 rings (SSSR count). The summed E-state index contributed by atoms with van der Waals surface area (Å²) in [6, 6.07) is 8.68. The van der Waals surface area contributed by atoms with E-state index >= 15 is 0 Å². The number of rotatable bonds is 5. The van der Waals surface area contributed by atoms with Crippen molar-refractivity contribution in [2.24, 2.45) is 11.7 Å². The number of amides is 1. The first kappa shape index (κ1) is 17.1. The summed E-state index contributed by atoms with van der Waals surface area (Å²) < 4.78 is 0. The van der Waals surface area contributed by atoms with Gasteiger partial charge in [0, 0.05) is 24.0 Å². The summed E-state index contributed by atoms with van der Waals surface area (Å²) >= 11 is 1.68. The van der Waals surface area contributed by atoms with Gasteiger partial charge in [-0.1, -0.05) is 38.1 Å². The van der Waals surface area contributed by atoms with Crippen molar-refractivity contribution >= 4 is 17.2 Å². The highest BCUT2D eigenvalue weighted by atomic mass is 32.1. The molecule has 1 amide bonds. The molecule has 0 unspecified atom stereocenters. The van der Waals surface area contributed by atoms with E-state index in [0.717, 1.165) is 43.2 Å². The molecule has 1 saturated heterocycles. The van der Waals surface area contributed by atoms with Gasteiger partial charge in [-0.05, 0) is 30.9 Å². The van der Waals surface area contributed by atoms with E-state index in [1.54, 1.807) is 11.3 Å². The highest BCUT2D eigenvalue weighted by Gasteiger charge is 2.24. The SMILES string of the molecule is CC(C)c1ccc(-c2nc(CN3CCC[C@@H](C(N)=O)C3)cs2)cc1. The number of primary amides is 1. The van der Waals surface area contributed by atoms with E-state index in [-0.39, 0.29) is 11.8 Å². The molecule has 0 aliphatic carbocycles. The van der Waals surface area contributed by atoms with Crippen LogP contribution in [0.15, 0.2) is 29.6 Å². The van der Waals surface area contributed by atoms with E-state index in [4.69, 9.17) is 10.7 Å². The van der Waals surface area contributed by atoms with E-state index in [1.807, 2.05) is 0 Å². The molecule has 24 heavy (non-hydrogen) atoms. The Labute approximate surface area is 147 Å². The molecule has 2 heterocycles. The number of carbonyl (C=O) groups is 1. The largest absolute Gasteiger partial charge is 0.369 e. The van der Waals surface area contributed by atoms with Gasteiger partial charge >= 0.3 is 0 Å². The van der Waals surface area contributed by atoms with E-state index in [9.17, 15) is 4.79 Å². The van der Waals surface area contributed by atoms with Crippen molar-refractivity contribution < 1.29 is 4.79 Å². The molecule has 2 N–H and O–H groups in total. The summed E-state index contributed by atoms with van der Waals surface area (Å²) in [4.78, 5) is 18.5. The van der Waals surface area contributed by atoms with Gasteiger partial charge in [0.1, 0.15) is 5.01 Å². The minimum Gasteiger partial charge on any atom is -0.369 e. The van der Waals surface area contributed by atoms with E-state index < -0.39 is 0 Å². The van der Waals surface area contributed by atoms with Gasteiger partial charge < -0.3 is 5.73 Å². The molecule has 128 valence electrons. The summed E-state index contributed by atoms with van der Waals surface area (Å²) in [7, 11) is 0. The number of nitrogens with zero attached hydrogens (tertiary/aromatic N) is 2. The van der Waals surface area contributed by atoms with Crippen molar-refractivity contribution in [3.8, 4) is 10.6 Å². The summed E-state index contributed by atoms with van der Waals surface area (Å²) in [5.74, 6) is 0.354. The number of nitrogens with two attached hydrogens (primary N) is 1. The number of aromatic nitrogens is 1. The first-order valence-corrected chi connectivity index (χ1v) is 9.47. The van der Waals surface area contributed by atoms with Gasteiger partial charge in [0.2, 0.25) is 5.91 Å². The average molecular weight is 343 g/mol. The summed E-state index contributed by atoms with van der Waals surface area (Å²) in [6.07, 6.45) is 1.94. The minimum absolute atomic E-state index is 0.0135. The third kappa shape index (κ3) is 4.02. The fraction of sp³-hybridized carbons (Fsp3) is 0.474. The van der Waals surface area contributed by atoms with Crippen LogP contribution in [0.1, 0.15) is 43.9 Å². The van der Waals surface area contributed by atoms with E-state index in [0.29, 0.717) is 5.92 Å². The molecule has 0 radical (unpaired) electrons. The lowest BCUT2D eigenvalue weighted by Gasteiger charge is -2.30. The molecule has 0 saturated carbocycles. The fourth-order valence-corrected chi connectivity index (χ4v) is 4.00. The van der Waals surface area contributed by atoms with Crippen LogP contribution in [-0.4, -0.2) is 28.9 Å². The molecule has 2 aromatic rings. The molecule has 0 spiro atoms. The van der Waals surface area contributed by atoms with Crippen molar-refractivity contribution in [2.75, 3.05) is 13.1 Å². The molecule has 1 atom stereocenters. The standard InChI is InChI=1S/C19H25N3OS/c1-13(2)14-5-7-15(8-6-14)19-21-17(12-24-19)11-22-9-3-4-16(10-22)18(20)23/h5-8,12-13,16H,3-4,9-11H2,1-2H3,(H2,20,23)/t16-/m1/s1. The number of hydrogen-bond donors (Lipinski definition) is 1. The molecular formula is C19H25N3OS. The van der Waals surface area contributed by atoms with Gasteiger partial charge in [-0.25, -0.2) is 4.98 Å². The molecule has 1 aliphatic rings. The Bertz CT molecular complexity index is 693. The Hall–Kier alpha value is -1.72. The summed E-state index contributed by atoms with van der Waals surface area (Å²) in [5, 5.41) is 3.18. The van der Waals surface area contributed by atoms with E-state index in [1.165, 1.54) is 11.1 Å². The maximum Gasteiger partial charge on any atom is 0.221 e. The Morgan fingerprint density at radius 3 is 2.79 bits per heavy atom. The van der Waals surface area contributed by atoms with Gasteiger partial charge in [0.25, 0.3) is 0 Å². The van der Waals surface area contributed by atoms with Gasteiger partial charge in [0.05, 0.1) is 11.6 Å². The number of hydrogen-bond acceptors (Lipinski definition) is 4. The number of likely N-dealkylation sites (tertiary alicyclic amines) is 1. The van der Waals surface area contributed by atoms with Crippen LogP contribution >= 0.6 is 11.3 Å². The molecular weight excluding hydrogens is 318 g/mol. The van der Waals surface area contributed by atoms with Crippen LogP contribution < -0.4 is 5.73 Å². The maximum atomic E-state index is 11.4. The zero-order valence-corrected chi connectivity index (χ0v) is 15.2. The molecule has 1 aromatic carbocycles. The van der Waals surface area contributed by atoms with Crippen LogP contribution in [0.4, 0.5) is 0 Å². The normalized spacial score (nSPS) is 18.9. The lowest BCUT2D eigenvalue weighted by atomic mass is 9.97. The van der Waals surface area contributed by atoms with Crippen molar-refractivity contribution in [3.05, 3.63) is 40.9 Å². The van der Waals surface area contributed by atoms with Crippen molar-refractivity contribution in [1.29, 1.82) is 0 Å². The maximum absolute atomic E-state index is 11.4. The first-order chi connectivity index (χ1) is 11.5. The van der Waals surface area contributed by atoms with Crippen LogP contribution in [0, 0.1) is 5.92 Å². The van der Waals surface area contributed by atoms with E-state index in [2.05, 4.69) is 48.4 Å². The lowest BCUT2D eigenvalue weighted by molar-refractivity contribution is -0.123. The monoisotopic (exact) mass is 343 g/mol. The Morgan fingerprint density at radius 1 is 1.38 bits per heavy atom. The van der Waals surface area contributed by atoms with Gasteiger partial charge in [-0.3, -0.25) is 9.69 Å². The van der Waals surface area contributed by atoms with Gasteiger partial charge in [-0.15, -0.1) is 11.3 Å². The third-order valence-electron chi connectivity index (χ3n) is 4.67. The number of carbonyl (C=O) groups excluding carboxylic acids is 1. The van der Waals surface area contributed by atoms with Crippen LogP contribution in [0.2, 0.25) is 0 Å². The highest BCUT2D eigenvalue weighted by molar-refractivity contribution is 7.13. The topological polar surface area (TPSA) is 59.2 Å². The first-order valence-electron chi connectivity index (χ1n) is 8.59. The molecule has 1 fully saturated rings. The zero-order chi connectivity index (χ0) is 17.1. The second-order valence-corrected chi connectivity index (χ2v) is 7.76. The molecule has 5 heteroatoms. The predicted octanol–water partition coefficient (Wildman–Crippen LogP) is 3.63. The Morgan fingerprint density at radius 2 is 2.12 bits per heavy atom. The van der Waals surface area contributed by atoms with Gasteiger partial charge in [0.15, 0.2) is 0 Å². The molecule has 1 aromatic heterocycles. The van der Waals surface area contributed by atoms with Crippen LogP contribution in [0.3, 0.4) is 0 Å². The molecule has 1 aliphatic heterocycles. The summed E-state index contributed by atoms with van der Waals surface area (Å²) in [5.41, 5.74) is 9.05. The number of benzene rings is 1. The predicted molar refractivity (Wildman–Crippen MR) is 98.8 cm³/mol. The zero-order valence-electron chi connectivity index (χ0n) is 14.4. The van der Waals surface area contributed by atoms with Crippen LogP contribution in [0.5, 0.6) is 0 Å². The second kappa shape index (κ2) is 7.45. The second-order valence-electron chi connectivity index (χ2n) is 6.90. The highest BCUT2D eigenvalue weighted by Crippen LogP contribution is 2.27. The number of piperidine rings is 1. The fourth-order valence-electron chi connectivity index (χ4n) is 3.18.